The molecule has 2 rings (SSSR count). The van der Waals surface area contributed by atoms with Crippen LogP contribution in [0.5, 0.6) is 0 Å². The fourth-order valence-corrected chi connectivity index (χ4v) is 1.38. The minimum absolute atomic E-state index is 0.0833. The van der Waals surface area contributed by atoms with Crippen LogP contribution in [0.1, 0.15) is 11.4 Å². The molecule has 0 bridgehead atoms. The summed E-state index contributed by atoms with van der Waals surface area (Å²) in [6.07, 6.45) is 0. The van der Waals surface area contributed by atoms with Crippen molar-refractivity contribution in [3.05, 3.63) is 40.4 Å². The van der Waals surface area contributed by atoms with Gasteiger partial charge in [0.15, 0.2) is 0 Å². The van der Waals surface area contributed by atoms with Gasteiger partial charge in [-0.05, 0) is 25.1 Å². The van der Waals surface area contributed by atoms with E-state index in [4.69, 9.17) is 11.6 Å². The smallest absolute Gasteiger partial charge is 0.141 e. The SMILES string of the molecule is Cc1nonc1CNc1ccc(F)c(Cl)c1. The van der Waals surface area contributed by atoms with Gasteiger partial charge < -0.3 is 5.32 Å². The van der Waals surface area contributed by atoms with Crippen molar-refractivity contribution in [1.82, 2.24) is 10.3 Å². The van der Waals surface area contributed by atoms with E-state index in [2.05, 4.69) is 20.3 Å². The van der Waals surface area contributed by atoms with E-state index in [1.165, 1.54) is 12.1 Å². The Balaban J connectivity index is 2.05. The number of nitrogens with zero attached hydrogens (tertiary/aromatic N) is 2. The van der Waals surface area contributed by atoms with Gasteiger partial charge in [0, 0.05) is 5.69 Å². The summed E-state index contributed by atoms with van der Waals surface area (Å²) in [5.74, 6) is -0.438. The van der Waals surface area contributed by atoms with Gasteiger partial charge in [-0.15, -0.1) is 0 Å². The van der Waals surface area contributed by atoms with Gasteiger partial charge >= 0.3 is 0 Å². The van der Waals surface area contributed by atoms with E-state index >= 15 is 0 Å². The number of nitrogens with one attached hydrogen (secondary N) is 1. The summed E-state index contributed by atoms with van der Waals surface area (Å²) in [5, 5.41) is 10.5. The van der Waals surface area contributed by atoms with Crippen molar-refractivity contribution < 1.29 is 9.02 Å². The van der Waals surface area contributed by atoms with Crippen LogP contribution >= 0.6 is 11.6 Å². The Morgan fingerprint density at radius 1 is 1.44 bits per heavy atom. The molecule has 2 aromatic rings. The first-order valence-corrected chi connectivity index (χ1v) is 5.01. The first-order valence-electron chi connectivity index (χ1n) is 4.64. The van der Waals surface area contributed by atoms with Gasteiger partial charge in [0.1, 0.15) is 17.2 Å². The summed E-state index contributed by atoms with van der Waals surface area (Å²) < 4.78 is 17.4. The number of hydrogen-bond acceptors (Lipinski definition) is 4. The van der Waals surface area contributed by atoms with Crippen LogP contribution in [0.25, 0.3) is 0 Å². The third kappa shape index (κ3) is 2.30. The number of aryl methyl sites for hydroxylation is 1. The van der Waals surface area contributed by atoms with Crippen LogP contribution in [0.15, 0.2) is 22.8 Å². The predicted molar refractivity (Wildman–Crippen MR) is 57.8 cm³/mol. The summed E-state index contributed by atoms with van der Waals surface area (Å²) in [6, 6.07) is 4.42. The Labute approximate surface area is 96.4 Å². The molecule has 0 amide bonds. The van der Waals surface area contributed by atoms with Crippen molar-refractivity contribution in [1.29, 1.82) is 0 Å². The molecule has 4 nitrogen and oxygen atoms in total. The molecule has 0 atom stereocenters. The van der Waals surface area contributed by atoms with Crippen molar-refractivity contribution in [3.8, 4) is 0 Å². The number of benzene rings is 1. The maximum absolute atomic E-state index is 12.9. The first-order chi connectivity index (χ1) is 7.66. The molecule has 1 aromatic carbocycles. The van der Waals surface area contributed by atoms with Crippen molar-refractivity contribution in [2.45, 2.75) is 13.5 Å². The summed E-state index contributed by atoms with van der Waals surface area (Å²) in [5.41, 5.74) is 2.15. The van der Waals surface area contributed by atoms with Gasteiger partial charge in [0.25, 0.3) is 0 Å². The molecule has 0 spiro atoms. The maximum atomic E-state index is 12.9. The van der Waals surface area contributed by atoms with Crippen LogP contribution < -0.4 is 5.32 Å². The lowest BCUT2D eigenvalue weighted by Gasteiger charge is -2.04. The molecule has 0 fully saturated rings. The summed E-state index contributed by atoms with van der Waals surface area (Å²) in [4.78, 5) is 0. The van der Waals surface area contributed by atoms with E-state index in [9.17, 15) is 4.39 Å². The molecular formula is C10H9ClFN3O. The maximum Gasteiger partial charge on any atom is 0.141 e. The number of aromatic nitrogens is 2. The van der Waals surface area contributed by atoms with Gasteiger partial charge in [-0.1, -0.05) is 21.9 Å². The highest BCUT2D eigenvalue weighted by Crippen LogP contribution is 2.19. The van der Waals surface area contributed by atoms with Crippen molar-refractivity contribution in [2.24, 2.45) is 0 Å². The number of anilines is 1. The second-order valence-corrected chi connectivity index (χ2v) is 3.69. The zero-order valence-electron chi connectivity index (χ0n) is 8.50. The van der Waals surface area contributed by atoms with E-state index < -0.39 is 5.82 Å². The summed E-state index contributed by atoms with van der Waals surface area (Å²) in [7, 11) is 0. The van der Waals surface area contributed by atoms with Gasteiger partial charge in [0.05, 0.1) is 11.6 Å². The fraction of sp³-hybridized carbons (Fsp3) is 0.200. The molecule has 0 aliphatic heterocycles. The monoisotopic (exact) mass is 241 g/mol. The second kappa shape index (κ2) is 4.49. The molecule has 1 heterocycles. The second-order valence-electron chi connectivity index (χ2n) is 3.28. The predicted octanol–water partition coefficient (Wildman–Crippen LogP) is 2.78. The molecule has 0 aliphatic carbocycles. The van der Waals surface area contributed by atoms with Crippen molar-refractivity contribution in [2.75, 3.05) is 5.32 Å². The lowest BCUT2D eigenvalue weighted by Crippen LogP contribution is -2.01. The van der Waals surface area contributed by atoms with Gasteiger partial charge in [-0.3, -0.25) is 0 Å². The van der Waals surface area contributed by atoms with Crippen LogP contribution in [0.2, 0.25) is 5.02 Å². The number of halogens is 2. The quantitative estimate of drug-likeness (QED) is 0.898. The Morgan fingerprint density at radius 2 is 2.25 bits per heavy atom. The van der Waals surface area contributed by atoms with Crippen LogP contribution in [0, 0.1) is 12.7 Å². The summed E-state index contributed by atoms with van der Waals surface area (Å²) >= 11 is 5.64. The lowest BCUT2D eigenvalue weighted by molar-refractivity contribution is 0.301. The Morgan fingerprint density at radius 3 is 2.88 bits per heavy atom. The van der Waals surface area contributed by atoms with E-state index in [1.54, 1.807) is 13.0 Å². The molecule has 16 heavy (non-hydrogen) atoms. The Kier molecular flexibility index (Phi) is 3.05. The van der Waals surface area contributed by atoms with Crippen LogP contribution in [-0.4, -0.2) is 10.3 Å². The molecule has 1 N–H and O–H groups in total. The minimum atomic E-state index is -0.438. The molecule has 0 unspecified atom stereocenters. The van der Waals surface area contributed by atoms with Crippen LogP contribution in [0.4, 0.5) is 10.1 Å². The molecular weight excluding hydrogens is 233 g/mol. The van der Waals surface area contributed by atoms with E-state index in [-0.39, 0.29) is 5.02 Å². The Hall–Kier alpha value is -1.62. The standard InChI is InChI=1S/C10H9ClFN3O/c1-6-10(15-16-14-6)5-13-7-2-3-9(12)8(11)4-7/h2-4,13H,5H2,1H3. The first kappa shape index (κ1) is 10.9. The molecule has 84 valence electrons. The van der Waals surface area contributed by atoms with Gasteiger partial charge in [-0.25, -0.2) is 9.02 Å². The molecule has 0 saturated carbocycles. The van der Waals surface area contributed by atoms with Crippen LogP contribution in [0.3, 0.4) is 0 Å². The molecule has 6 heteroatoms. The third-order valence-electron chi connectivity index (χ3n) is 2.13. The highest BCUT2D eigenvalue weighted by Gasteiger charge is 2.05. The Bertz CT molecular complexity index is 501. The highest BCUT2D eigenvalue weighted by molar-refractivity contribution is 6.31. The van der Waals surface area contributed by atoms with Gasteiger partial charge in [0.2, 0.25) is 0 Å². The third-order valence-corrected chi connectivity index (χ3v) is 2.42. The fourth-order valence-electron chi connectivity index (χ4n) is 1.20. The van der Waals surface area contributed by atoms with E-state index in [0.29, 0.717) is 17.9 Å². The van der Waals surface area contributed by atoms with Crippen molar-refractivity contribution in [3.63, 3.8) is 0 Å². The lowest BCUT2D eigenvalue weighted by atomic mass is 10.3. The van der Waals surface area contributed by atoms with E-state index in [0.717, 1.165) is 5.69 Å². The highest BCUT2D eigenvalue weighted by atomic mass is 35.5. The van der Waals surface area contributed by atoms with Crippen LogP contribution in [-0.2, 0) is 6.54 Å². The number of rotatable bonds is 3. The van der Waals surface area contributed by atoms with E-state index in [1.807, 2.05) is 0 Å². The molecule has 1 aromatic heterocycles. The molecule has 0 aliphatic rings. The van der Waals surface area contributed by atoms with Gasteiger partial charge in [-0.2, -0.15) is 0 Å². The largest absolute Gasteiger partial charge is 0.379 e. The average molecular weight is 242 g/mol. The normalized spacial score (nSPS) is 10.4. The summed E-state index contributed by atoms with van der Waals surface area (Å²) in [6.45, 7) is 2.25. The topological polar surface area (TPSA) is 51.0 Å². The average Bonchev–Trinajstić information content (AvgIpc) is 2.66. The molecule has 0 saturated heterocycles. The molecule has 0 radical (unpaired) electrons. The zero-order valence-corrected chi connectivity index (χ0v) is 9.25. The minimum Gasteiger partial charge on any atom is -0.379 e. The number of hydrogen-bond donors (Lipinski definition) is 1. The zero-order chi connectivity index (χ0) is 11.5. The van der Waals surface area contributed by atoms with Crippen molar-refractivity contribution >= 4 is 17.3 Å².